The molecule has 2 amide bonds. The standard InChI is InChI=1S/C30H30ClN5O2/c31-26-12-6-5-11-25(26)29(37)33-24-18-28(36(21-24)20-22-8-2-1-3-9-22)30(38)35-16-14-34(15-17-35)27-13-7-4-10-23(27)19-32/h1-13,24,28H,14-18,20-21H2,(H,33,37). The second-order valence-corrected chi connectivity index (χ2v) is 10.2. The van der Waals surface area contributed by atoms with Crippen LogP contribution in [0.15, 0.2) is 78.9 Å². The zero-order valence-corrected chi connectivity index (χ0v) is 21.8. The van der Waals surface area contributed by atoms with Gasteiger partial charge in [0.05, 0.1) is 27.9 Å². The van der Waals surface area contributed by atoms with E-state index in [-0.39, 0.29) is 23.9 Å². The van der Waals surface area contributed by atoms with Gasteiger partial charge in [-0.1, -0.05) is 66.2 Å². The molecule has 2 saturated heterocycles. The van der Waals surface area contributed by atoms with Gasteiger partial charge in [0.25, 0.3) is 5.91 Å². The van der Waals surface area contributed by atoms with Gasteiger partial charge in [-0.25, -0.2) is 0 Å². The number of benzene rings is 3. The minimum Gasteiger partial charge on any atom is -0.367 e. The van der Waals surface area contributed by atoms with Crippen molar-refractivity contribution in [2.75, 3.05) is 37.6 Å². The summed E-state index contributed by atoms with van der Waals surface area (Å²) in [6.45, 7) is 3.73. The molecular weight excluding hydrogens is 498 g/mol. The Morgan fingerprint density at radius 3 is 2.34 bits per heavy atom. The molecule has 0 saturated carbocycles. The van der Waals surface area contributed by atoms with Gasteiger partial charge in [0.2, 0.25) is 5.91 Å². The number of carbonyl (C=O) groups is 2. The van der Waals surface area contributed by atoms with E-state index in [4.69, 9.17) is 11.6 Å². The lowest BCUT2D eigenvalue weighted by atomic mass is 10.1. The summed E-state index contributed by atoms with van der Waals surface area (Å²) in [5.41, 5.74) is 3.12. The van der Waals surface area contributed by atoms with Crippen LogP contribution in [0.25, 0.3) is 0 Å². The number of anilines is 1. The molecule has 0 aliphatic carbocycles. The van der Waals surface area contributed by atoms with E-state index in [9.17, 15) is 14.9 Å². The van der Waals surface area contributed by atoms with Crippen molar-refractivity contribution in [2.45, 2.75) is 25.0 Å². The largest absolute Gasteiger partial charge is 0.367 e. The molecule has 3 aromatic carbocycles. The molecule has 7 nitrogen and oxygen atoms in total. The fourth-order valence-corrected chi connectivity index (χ4v) is 5.61. The third kappa shape index (κ3) is 5.67. The highest BCUT2D eigenvalue weighted by molar-refractivity contribution is 6.33. The summed E-state index contributed by atoms with van der Waals surface area (Å²) < 4.78 is 0. The molecule has 0 spiro atoms. The molecule has 194 valence electrons. The van der Waals surface area contributed by atoms with Crippen molar-refractivity contribution in [3.05, 3.63) is 101 Å². The first kappa shape index (κ1) is 25.8. The van der Waals surface area contributed by atoms with Crippen molar-refractivity contribution < 1.29 is 9.59 Å². The number of rotatable bonds is 6. The van der Waals surface area contributed by atoms with Crippen LogP contribution in [0.5, 0.6) is 0 Å². The normalized spacial score (nSPS) is 19.7. The van der Waals surface area contributed by atoms with Crippen molar-refractivity contribution in [2.24, 2.45) is 0 Å². The molecule has 1 N–H and O–H groups in total. The predicted octanol–water partition coefficient (Wildman–Crippen LogP) is 3.93. The van der Waals surface area contributed by atoms with Crippen molar-refractivity contribution in [3.63, 3.8) is 0 Å². The number of nitrogens with one attached hydrogen (secondary N) is 1. The average Bonchev–Trinajstić information content (AvgIpc) is 3.35. The van der Waals surface area contributed by atoms with Gasteiger partial charge in [0, 0.05) is 45.3 Å². The number of nitrogens with zero attached hydrogens (tertiary/aromatic N) is 4. The summed E-state index contributed by atoms with van der Waals surface area (Å²) in [4.78, 5) is 33.0. The van der Waals surface area contributed by atoms with Crippen LogP contribution in [0, 0.1) is 11.3 Å². The monoisotopic (exact) mass is 527 g/mol. The molecule has 2 unspecified atom stereocenters. The van der Waals surface area contributed by atoms with Crippen molar-refractivity contribution >= 4 is 29.1 Å². The van der Waals surface area contributed by atoms with Gasteiger partial charge in [-0.3, -0.25) is 14.5 Å². The molecule has 38 heavy (non-hydrogen) atoms. The molecule has 5 rings (SSSR count). The van der Waals surface area contributed by atoms with Crippen molar-refractivity contribution in [1.82, 2.24) is 15.1 Å². The second-order valence-electron chi connectivity index (χ2n) is 9.76. The fraction of sp³-hybridized carbons (Fsp3) is 0.300. The summed E-state index contributed by atoms with van der Waals surface area (Å²) in [6, 6.07) is 26.4. The van der Waals surface area contributed by atoms with E-state index in [0.29, 0.717) is 61.8 Å². The third-order valence-corrected chi connectivity index (χ3v) is 7.66. The lowest BCUT2D eigenvalue weighted by Crippen LogP contribution is -2.53. The first-order valence-corrected chi connectivity index (χ1v) is 13.3. The van der Waals surface area contributed by atoms with E-state index >= 15 is 0 Å². The number of halogens is 1. The van der Waals surface area contributed by atoms with Gasteiger partial charge in [-0.2, -0.15) is 5.26 Å². The molecule has 0 bridgehead atoms. The molecule has 8 heteroatoms. The van der Waals surface area contributed by atoms with Crippen LogP contribution in [-0.4, -0.2) is 66.4 Å². The Balaban J connectivity index is 1.28. The first-order valence-electron chi connectivity index (χ1n) is 12.9. The molecule has 2 heterocycles. The van der Waals surface area contributed by atoms with Gasteiger partial charge >= 0.3 is 0 Å². The minimum absolute atomic E-state index is 0.0867. The maximum atomic E-state index is 13.8. The first-order chi connectivity index (χ1) is 18.5. The zero-order valence-electron chi connectivity index (χ0n) is 21.1. The van der Waals surface area contributed by atoms with Crippen LogP contribution in [0.2, 0.25) is 5.02 Å². The third-order valence-electron chi connectivity index (χ3n) is 7.33. The summed E-state index contributed by atoms with van der Waals surface area (Å²) in [5.74, 6) is -0.137. The topological polar surface area (TPSA) is 79.7 Å². The number of likely N-dealkylation sites (tertiary alicyclic amines) is 1. The molecule has 3 aromatic rings. The summed E-state index contributed by atoms with van der Waals surface area (Å²) in [5, 5.41) is 13.0. The smallest absolute Gasteiger partial charge is 0.253 e. The van der Waals surface area contributed by atoms with Gasteiger partial charge in [0.15, 0.2) is 0 Å². The highest BCUT2D eigenvalue weighted by atomic mass is 35.5. The number of piperazine rings is 1. The lowest BCUT2D eigenvalue weighted by molar-refractivity contribution is -0.136. The lowest BCUT2D eigenvalue weighted by Gasteiger charge is -2.38. The number of para-hydroxylation sites is 1. The number of carbonyl (C=O) groups excluding carboxylic acids is 2. The quantitative estimate of drug-likeness (QED) is 0.525. The van der Waals surface area contributed by atoms with Crippen LogP contribution >= 0.6 is 11.6 Å². The van der Waals surface area contributed by atoms with Crippen molar-refractivity contribution in [1.29, 1.82) is 5.26 Å². The van der Waals surface area contributed by atoms with Gasteiger partial charge in [-0.05, 0) is 36.2 Å². The number of hydrogen-bond acceptors (Lipinski definition) is 5. The van der Waals surface area contributed by atoms with Gasteiger partial charge in [-0.15, -0.1) is 0 Å². The SMILES string of the molecule is N#Cc1ccccc1N1CCN(C(=O)C2CC(NC(=O)c3ccccc3Cl)CN2Cc2ccccc2)CC1. The number of nitriles is 1. The Labute approximate surface area is 228 Å². The highest BCUT2D eigenvalue weighted by Crippen LogP contribution is 2.26. The molecule has 0 radical (unpaired) electrons. The van der Waals surface area contributed by atoms with E-state index in [0.717, 1.165) is 11.3 Å². The Kier molecular flexibility index (Phi) is 7.92. The number of hydrogen-bond donors (Lipinski definition) is 1. The van der Waals surface area contributed by atoms with Gasteiger partial charge in [0.1, 0.15) is 6.07 Å². The van der Waals surface area contributed by atoms with Crippen LogP contribution in [0.1, 0.15) is 27.9 Å². The van der Waals surface area contributed by atoms with E-state index < -0.39 is 0 Å². The van der Waals surface area contributed by atoms with Crippen LogP contribution in [0.4, 0.5) is 5.69 Å². The molecular formula is C30H30ClN5O2. The zero-order chi connectivity index (χ0) is 26.5. The Hall–Kier alpha value is -3.86. The van der Waals surface area contributed by atoms with Gasteiger partial charge < -0.3 is 15.1 Å². The van der Waals surface area contributed by atoms with E-state index in [1.807, 2.05) is 47.4 Å². The summed E-state index contributed by atoms with van der Waals surface area (Å²) in [6.07, 6.45) is 0.541. The summed E-state index contributed by atoms with van der Waals surface area (Å²) >= 11 is 6.24. The van der Waals surface area contributed by atoms with Crippen LogP contribution < -0.4 is 10.2 Å². The van der Waals surface area contributed by atoms with E-state index in [2.05, 4.69) is 33.3 Å². The Bertz CT molecular complexity index is 1330. The molecule has 2 fully saturated rings. The maximum absolute atomic E-state index is 13.8. The molecule has 0 aromatic heterocycles. The predicted molar refractivity (Wildman–Crippen MR) is 148 cm³/mol. The van der Waals surface area contributed by atoms with Crippen molar-refractivity contribution in [3.8, 4) is 6.07 Å². The fourth-order valence-electron chi connectivity index (χ4n) is 5.39. The van der Waals surface area contributed by atoms with E-state index in [1.165, 1.54) is 0 Å². The molecule has 2 aliphatic rings. The second kappa shape index (κ2) is 11.7. The molecule has 2 aliphatic heterocycles. The molecule has 2 atom stereocenters. The number of amides is 2. The Morgan fingerprint density at radius 1 is 0.921 bits per heavy atom. The summed E-state index contributed by atoms with van der Waals surface area (Å²) in [7, 11) is 0. The minimum atomic E-state index is -0.329. The van der Waals surface area contributed by atoms with Crippen LogP contribution in [-0.2, 0) is 11.3 Å². The van der Waals surface area contributed by atoms with E-state index in [1.54, 1.807) is 24.3 Å². The Morgan fingerprint density at radius 2 is 1.61 bits per heavy atom. The maximum Gasteiger partial charge on any atom is 0.253 e. The highest BCUT2D eigenvalue weighted by Gasteiger charge is 2.40. The average molecular weight is 528 g/mol. The van der Waals surface area contributed by atoms with Crippen LogP contribution in [0.3, 0.4) is 0 Å².